The molecule has 0 unspecified atom stereocenters. The van der Waals surface area contributed by atoms with Crippen LogP contribution in [0.15, 0.2) is 58.5 Å². The summed E-state index contributed by atoms with van der Waals surface area (Å²) >= 11 is 11.9. The third-order valence-corrected chi connectivity index (χ3v) is 2.84. The van der Waals surface area contributed by atoms with Gasteiger partial charge in [-0.1, -0.05) is 47.5 Å². The van der Waals surface area contributed by atoms with Gasteiger partial charge in [0.2, 0.25) is 0 Å². The van der Waals surface area contributed by atoms with Crippen molar-refractivity contribution in [3.8, 4) is 0 Å². The maximum Gasteiger partial charge on any atom is 0.0816 e. The Morgan fingerprint density at radius 2 is 1.05 bits per heavy atom. The Hall–Kier alpha value is -0.978. The number of para-hydroxylation sites is 2. The average Bonchev–Trinajstić information content (AvgIpc) is 2.38. The predicted octanol–water partition coefficient (Wildman–Crippen LogP) is 5.55. The third-order valence-electron chi connectivity index (χ3n) is 2.20. The van der Waals surface area contributed by atoms with Gasteiger partial charge < -0.3 is 7.43 Å². The normalized spacial score (nSPS) is 10.3. The molecule has 0 radical (unpaired) electrons. The van der Waals surface area contributed by atoms with E-state index in [9.17, 15) is 0 Å². The van der Waals surface area contributed by atoms with Crippen LogP contribution in [0.3, 0.4) is 0 Å². The van der Waals surface area contributed by atoms with Crippen LogP contribution in [0, 0.1) is 7.43 Å². The van der Waals surface area contributed by atoms with Gasteiger partial charge >= 0.3 is 0 Å². The zero-order valence-corrected chi connectivity index (χ0v) is 13.8. The molecule has 0 atom stereocenters. The van der Waals surface area contributed by atoms with E-state index < -0.39 is 0 Å². The molecule has 0 aromatic heterocycles. The molecule has 0 amide bonds. The average molecular weight is 399 g/mol. The standard InChI is InChI=1S/C14H10Cl2N2.CH3.Pd/c15-11-5-1-3-7-13(11)17-9-10-18-14-8-4-2-6-12(14)16;;/h1-10H;1H3;/q;-1;. The van der Waals surface area contributed by atoms with Crippen molar-refractivity contribution in [1.82, 2.24) is 0 Å². The van der Waals surface area contributed by atoms with Crippen LogP contribution in [0.4, 0.5) is 11.4 Å². The minimum Gasteiger partial charge on any atom is -0.358 e. The van der Waals surface area contributed by atoms with Crippen molar-refractivity contribution in [1.29, 1.82) is 0 Å². The fraction of sp³-hybridized carbons (Fsp3) is 0. The number of halogens is 2. The second-order valence-electron chi connectivity index (χ2n) is 3.46. The van der Waals surface area contributed by atoms with E-state index in [0.29, 0.717) is 21.4 Å². The van der Waals surface area contributed by atoms with Gasteiger partial charge in [-0.05, 0) is 24.3 Å². The van der Waals surface area contributed by atoms with Gasteiger partial charge in [-0.2, -0.15) is 0 Å². The minimum absolute atomic E-state index is 0. The van der Waals surface area contributed by atoms with Crippen LogP contribution in [0.2, 0.25) is 10.0 Å². The zero-order chi connectivity index (χ0) is 12.8. The first-order chi connectivity index (χ1) is 8.77. The van der Waals surface area contributed by atoms with Crippen LogP contribution in [0.1, 0.15) is 0 Å². The van der Waals surface area contributed by atoms with E-state index in [0.717, 1.165) is 0 Å². The monoisotopic (exact) mass is 397 g/mol. The Bertz CT molecular complexity index is 544. The van der Waals surface area contributed by atoms with Crippen LogP contribution >= 0.6 is 23.2 Å². The molecule has 0 bridgehead atoms. The Kier molecular flexibility index (Phi) is 9.37. The van der Waals surface area contributed by atoms with Gasteiger partial charge in [0, 0.05) is 32.9 Å². The summed E-state index contributed by atoms with van der Waals surface area (Å²) in [6.07, 6.45) is 3.18. The van der Waals surface area contributed by atoms with E-state index in [1.165, 1.54) is 0 Å². The van der Waals surface area contributed by atoms with E-state index in [4.69, 9.17) is 23.2 Å². The molecule has 0 saturated heterocycles. The number of aliphatic imine (C=N–C) groups is 2. The Morgan fingerprint density at radius 1 is 0.700 bits per heavy atom. The molecule has 0 saturated carbocycles. The maximum absolute atomic E-state index is 5.97. The van der Waals surface area contributed by atoms with Gasteiger partial charge in [-0.25, -0.2) is 0 Å². The number of hydrogen-bond donors (Lipinski definition) is 0. The Morgan fingerprint density at radius 3 is 1.40 bits per heavy atom. The first-order valence-electron chi connectivity index (χ1n) is 5.33. The van der Waals surface area contributed by atoms with Crippen molar-refractivity contribution in [3.63, 3.8) is 0 Å². The summed E-state index contributed by atoms with van der Waals surface area (Å²) in [6.45, 7) is 0. The van der Waals surface area contributed by atoms with Gasteiger partial charge in [0.1, 0.15) is 0 Å². The molecule has 0 N–H and O–H groups in total. The van der Waals surface area contributed by atoms with Crippen molar-refractivity contribution in [2.45, 2.75) is 0 Å². The molecule has 2 nitrogen and oxygen atoms in total. The molecule has 2 rings (SSSR count). The van der Waals surface area contributed by atoms with E-state index in [2.05, 4.69) is 9.98 Å². The molecular weight excluding hydrogens is 386 g/mol. The molecule has 0 aliphatic carbocycles. The topological polar surface area (TPSA) is 24.7 Å². The van der Waals surface area contributed by atoms with E-state index in [1.807, 2.05) is 36.4 Å². The summed E-state index contributed by atoms with van der Waals surface area (Å²) < 4.78 is 0. The van der Waals surface area contributed by atoms with Crippen molar-refractivity contribution in [2.24, 2.45) is 9.98 Å². The van der Waals surface area contributed by atoms with Crippen LogP contribution < -0.4 is 0 Å². The molecule has 0 heterocycles. The molecule has 0 fully saturated rings. The van der Waals surface area contributed by atoms with E-state index in [1.54, 1.807) is 24.6 Å². The molecule has 0 aliphatic rings. The second kappa shape index (κ2) is 9.85. The number of benzene rings is 2. The van der Waals surface area contributed by atoms with Crippen molar-refractivity contribution >= 4 is 47.0 Å². The largest absolute Gasteiger partial charge is 0.358 e. The first-order valence-corrected chi connectivity index (χ1v) is 6.09. The first kappa shape index (κ1) is 19.0. The van der Waals surface area contributed by atoms with E-state index >= 15 is 0 Å². The molecular formula is C15H13Cl2N2Pd-. The zero-order valence-electron chi connectivity index (χ0n) is 10.7. The van der Waals surface area contributed by atoms with Gasteiger partial charge in [0.15, 0.2) is 0 Å². The smallest absolute Gasteiger partial charge is 0.0816 e. The van der Waals surface area contributed by atoms with Gasteiger partial charge in [-0.3, -0.25) is 9.98 Å². The second-order valence-corrected chi connectivity index (χ2v) is 4.27. The Labute approximate surface area is 143 Å². The van der Waals surface area contributed by atoms with Crippen molar-refractivity contribution in [3.05, 3.63) is 66.0 Å². The molecule has 20 heavy (non-hydrogen) atoms. The number of nitrogens with zero attached hydrogens (tertiary/aromatic N) is 2. The van der Waals surface area contributed by atoms with Gasteiger partial charge in [-0.15, -0.1) is 0 Å². The summed E-state index contributed by atoms with van der Waals surface area (Å²) in [4.78, 5) is 8.40. The molecule has 0 aliphatic heterocycles. The summed E-state index contributed by atoms with van der Waals surface area (Å²) in [5.74, 6) is 0. The van der Waals surface area contributed by atoms with Crippen LogP contribution in [-0.2, 0) is 20.4 Å². The summed E-state index contributed by atoms with van der Waals surface area (Å²) in [5.41, 5.74) is 1.43. The number of hydrogen-bond acceptors (Lipinski definition) is 2. The van der Waals surface area contributed by atoms with Crippen LogP contribution in [0.25, 0.3) is 0 Å². The Balaban J connectivity index is 0.00000180. The van der Waals surface area contributed by atoms with Crippen LogP contribution in [0.5, 0.6) is 0 Å². The minimum atomic E-state index is 0. The summed E-state index contributed by atoms with van der Waals surface area (Å²) in [6, 6.07) is 14.7. The fourth-order valence-electron chi connectivity index (χ4n) is 1.34. The van der Waals surface area contributed by atoms with E-state index in [-0.39, 0.29) is 27.8 Å². The fourth-order valence-corrected chi connectivity index (χ4v) is 1.71. The molecule has 0 spiro atoms. The molecule has 5 heteroatoms. The van der Waals surface area contributed by atoms with Crippen molar-refractivity contribution < 1.29 is 20.4 Å². The van der Waals surface area contributed by atoms with Crippen molar-refractivity contribution in [2.75, 3.05) is 0 Å². The molecule has 2 aromatic carbocycles. The van der Waals surface area contributed by atoms with Crippen LogP contribution in [-0.4, -0.2) is 12.4 Å². The van der Waals surface area contributed by atoms with Gasteiger partial charge in [0.25, 0.3) is 0 Å². The molecule has 108 valence electrons. The predicted molar refractivity (Wildman–Crippen MR) is 85.6 cm³/mol. The number of rotatable bonds is 3. The maximum atomic E-state index is 5.97. The SMILES string of the molecule is Clc1ccccc1N=CC=Nc1ccccc1Cl.[CH3-].[Pd]. The molecule has 2 aromatic rings. The summed E-state index contributed by atoms with van der Waals surface area (Å²) in [7, 11) is 0. The summed E-state index contributed by atoms with van der Waals surface area (Å²) in [5, 5.41) is 1.22. The van der Waals surface area contributed by atoms with Gasteiger partial charge in [0.05, 0.1) is 21.4 Å². The third kappa shape index (κ3) is 5.56. The quantitative estimate of drug-likeness (QED) is 0.368.